The van der Waals surface area contributed by atoms with Crippen molar-refractivity contribution in [1.29, 1.82) is 0 Å². The van der Waals surface area contributed by atoms with Gasteiger partial charge in [0.25, 0.3) is 0 Å². The van der Waals surface area contributed by atoms with Gasteiger partial charge in [-0.15, -0.1) is 0 Å². The number of hydrogen-bond acceptors (Lipinski definition) is 8. The maximum atomic E-state index is 14.6. The maximum absolute atomic E-state index is 14.6. The fourth-order valence-corrected chi connectivity index (χ4v) is 4.45. The number of alkyl halides is 1. The van der Waals surface area contributed by atoms with Crippen LogP contribution >= 0.6 is 8.53 Å². The van der Waals surface area contributed by atoms with Gasteiger partial charge < -0.3 is 24.3 Å². The van der Waals surface area contributed by atoms with Gasteiger partial charge in [-0.1, -0.05) is 36.4 Å². The fraction of sp³-hybridized carbons (Fsp3) is 0.286. The van der Waals surface area contributed by atoms with E-state index in [2.05, 4.69) is 10.1 Å². The Labute approximate surface area is 188 Å². The Morgan fingerprint density at radius 2 is 2.09 bits per heavy atom. The van der Waals surface area contributed by atoms with Gasteiger partial charge in [-0.3, -0.25) is 4.57 Å². The van der Waals surface area contributed by atoms with Crippen molar-refractivity contribution >= 4 is 31.4 Å². The van der Waals surface area contributed by atoms with Gasteiger partial charge in [0, 0.05) is 11.8 Å². The molecule has 3 aromatic rings. The highest BCUT2D eigenvalue weighted by Crippen LogP contribution is 2.40. The zero-order valence-corrected chi connectivity index (χ0v) is 18.2. The van der Waals surface area contributed by atoms with Gasteiger partial charge in [-0.05, 0) is 11.5 Å². The molecule has 4 rings (SSSR count). The molecule has 2 heterocycles. The molecule has 4 unspecified atom stereocenters. The molecule has 1 aromatic heterocycles. The first-order chi connectivity index (χ1) is 16.0. The summed E-state index contributed by atoms with van der Waals surface area (Å²) >= 11 is 0. The van der Waals surface area contributed by atoms with Crippen molar-refractivity contribution in [2.24, 2.45) is 0 Å². The van der Waals surface area contributed by atoms with E-state index in [1.807, 2.05) is 36.4 Å². The normalized spacial score (nSPS) is 21.2. The molecule has 1 fully saturated rings. The summed E-state index contributed by atoms with van der Waals surface area (Å²) in [4.78, 5) is 26.2. The highest BCUT2D eigenvalue weighted by Gasteiger charge is 2.38. The van der Waals surface area contributed by atoms with Crippen molar-refractivity contribution in [2.75, 3.05) is 18.9 Å². The van der Waals surface area contributed by atoms with Crippen LogP contribution in [0.2, 0.25) is 0 Å². The number of carbonyl (C=O) groups excluding carboxylic acids is 1. The number of fused-ring (bicyclic) bond motifs is 1. The molecule has 1 aliphatic rings. The Hall–Kier alpha value is -2.98. The molecule has 3 N–H and O–H groups in total. The zero-order chi connectivity index (χ0) is 23.4. The smallest absolute Gasteiger partial charge is 0.351 e. The molecule has 4 atom stereocenters. The maximum Gasteiger partial charge on any atom is 0.351 e. The third kappa shape index (κ3) is 5.33. The first-order valence-electron chi connectivity index (χ1n) is 10.1. The van der Waals surface area contributed by atoms with Gasteiger partial charge in [-0.25, -0.2) is 18.7 Å². The lowest BCUT2D eigenvalue weighted by molar-refractivity contribution is -0.106. The first kappa shape index (κ1) is 23.2. The van der Waals surface area contributed by atoms with E-state index in [9.17, 15) is 18.4 Å². The lowest BCUT2D eigenvalue weighted by atomic mass is 10.1. The Morgan fingerprint density at radius 1 is 1.30 bits per heavy atom. The molecule has 33 heavy (non-hydrogen) atoms. The monoisotopic (exact) mass is 478 g/mol. The summed E-state index contributed by atoms with van der Waals surface area (Å²) in [5.41, 5.74) is 4.44. The van der Waals surface area contributed by atoms with Crippen LogP contribution in [0.4, 0.5) is 14.6 Å². The summed E-state index contributed by atoms with van der Waals surface area (Å²) in [6, 6.07) is 13.1. The fourth-order valence-electron chi connectivity index (χ4n) is 3.40. The van der Waals surface area contributed by atoms with Crippen LogP contribution < -0.4 is 21.0 Å². The van der Waals surface area contributed by atoms with E-state index in [4.69, 9.17) is 19.5 Å². The molecule has 0 amide bonds. The molecule has 1 aliphatic heterocycles. The van der Waals surface area contributed by atoms with Gasteiger partial charge in [0.15, 0.2) is 11.6 Å². The summed E-state index contributed by atoms with van der Waals surface area (Å²) in [6.07, 6.45) is -2.28. The SMILES string of the molecule is Nc1nc(=O)n(C2CC(F)C(COP(NCC=O)Oc3cccc4ccccc34)O2)cc1F. The number of anilines is 1. The van der Waals surface area contributed by atoms with Crippen molar-refractivity contribution in [1.82, 2.24) is 14.6 Å². The number of halogens is 2. The highest BCUT2D eigenvalue weighted by atomic mass is 31.2. The molecule has 0 spiro atoms. The van der Waals surface area contributed by atoms with E-state index in [0.29, 0.717) is 12.0 Å². The van der Waals surface area contributed by atoms with Crippen LogP contribution in [-0.4, -0.2) is 41.3 Å². The predicted molar refractivity (Wildman–Crippen MR) is 118 cm³/mol. The average Bonchev–Trinajstić information content (AvgIpc) is 3.18. The number of carbonyl (C=O) groups is 1. The van der Waals surface area contributed by atoms with E-state index >= 15 is 0 Å². The molecule has 0 aliphatic carbocycles. The summed E-state index contributed by atoms with van der Waals surface area (Å²) in [7, 11) is -1.82. The Kier molecular flexibility index (Phi) is 7.24. The number of rotatable bonds is 9. The molecule has 0 saturated carbocycles. The van der Waals surface area contributed by atoms with Crippen molar-refractivity contribution in [3.63, 3.8) is 0 Å². The third-order valence-electron chi connectivity index (χ3n) is 5.00. The predicted octanol–water partition coefficient (Wildman–Crippen LogP) is 2.85. The van der Waals surface area contributed by atoms with Crippen molar-refractivity contribution in [2.45, 2.75) is 24.9 Å². The molecule has 2 aromatic carbocycles. The van der Waals surface area contributed by atoms with Crippen LogP contribution in [0.25, 0.3) is 10.8 Å². The summed E-state index contributed by atoms with van der Waals surface area (Å²) in [5.74, 6) is -0.906. The summed E-state index contributed by atoms with van der Waals surface area (Å²) in [5, 5.41) is 4.64. The van der Waals surface area contributed by atoms with Gasteiger partial charge in [0.1, 0.15) is 30.5 Å². The van der Waals surface area contributed by atoms with E-state index in [-0.39, 0.29) is 19.6 Å². The Morgan fingerprint density at radius 3 is 2.91 bits per heavy atom. The second-order valence-corrected chi connectivity index (χ2v) is 8.47. The van der Waals surface area contributed by atoms with Crippen LogP contribution in [-0.2, 0) is 14.1 Å². The van der Waals surface area contributed by atoms with Crippen LogP contribution in [0.3, 0.4) is 0 Å². The lowest BCUT2D eigenvalue weighted by Crippen LogP contribution is -2.29. The van der Waals surface area contributed by atoms with Crippen molar-refractivity contribution < 1.29 is 27.4 Å². The van der Waals surface area contributed by atoms with Gasteiger partial charge >= 0.3 is 14.2 Å². The number of aldehydes is 1. The number of nitrogens with zero attached hydrogens (tertiary/aromatic N) is 2. The number of nitrogens with one attached hydrogen (secondary N) is 1. The van der Waals surface area contributed by atoms with E-state index in [1.165, 1.54) is 0 Å². The third-order valence-corrected chi connectivity index (χ3v) is 6.18. The number of benzene rings is 2. The van der Waals surface area contributed by atoms with Crippen LogP contribution in [0.5, 0.6) is 5.75 Å². The van der Waals surface area contributed by atoms with Gasteiger partial charge in [0.05, 0.1) is 19.3 Å². The molecule has 1 saturated heterocycles. The number of hydrogen-bond donors (Lipinski definition) is 2. The summed E-state index contributed by atoms with van der Waals surface area (Å²) < 4.78 is 46.4. The van der Waals surface area contributed by atoms with Crippen LogP contribution in [0.15, 0.2) is 53.5 Å². The van der Waals surface area contributed by atoms with Gasteiger partial charge in [0.2, 0.25) is 0 Å². The van der Waals surface area contributed by atoms with Crippen LogP contribution in [0.1, 0.15) is 12.6 Å². The van der Waals surface area contributed by atoms with Crippen LogP contribution in [0, 0.1) is 5.82 Å². The molecule has 0 bridgehead atoms. The molecular weight excluding hydrogens is 457 g/mol. The number of ether oxygens (including phenoxy) is 1. The highest BCUT2D eigenvalue weighted by molar-refractivity contribution is 7.45. The molecule has 9 nitrogen and oxygen atoms in total. The standard InChI is InChI=1S/C21H21F2N4O5P/c22-15-10-19(27-11-16(23)20(24)26-21(27)29)31-18(15)12-30-33(25-8-9-28)32-17-7-3-5-13-4-1-2-6-14(13)17/h1-7,9,11,15,18-19,25H,8,10,12H2,(H2,24,26,29). The second kappa shape index (κ2) is 10.3. The topological polar surface area (TPSA) is 118 Å². The van der Waals surface area contributed by atoms with Crippen molar-refractivity contribution in [3.8, 4) is 5.75 Å². The van der Waals surface area contributed by atoms with Crippen molar-refractivity contribution in [3.05, 3.63) is 65.0 Å². The molecular formula is C21H21F2N4O5P. The number of nitrogen functional groups attached to an aromatic ring is 1. The van der Waals surface area contributed by atoms with Gasteiger partial charge in [-0.2, -0.15) is 4.98 Å². The lowest BCUT2D eigenvalue weighted by Gasteiger charge is -2.21. The van der Waals surface area contributed by atoms with E-state index < -0.39 is 44.4 Å². The van der Waals surface area contributed by atoms with E-state index in [0.717, 1.165) is 21.5 Å². The summed E-state index contributed by atoms with van der Waals surface area (Å²) in [6.45, 7) is -0.255. The Balaban J connectivity index is 1.44. The number of nitrogens with two attached hydrogens (primary N) is 1. The average molecular weight is 478 g/mol. The minimum absolute atomic E-state index is 0.0323. The molecule has 174 valence electrons. The first-order valence-corrected chi connectivity index (χ1v) is 11.2. The molecule has 0 radical (unpaired) electrons. The Bertz CT molecular complexity index is 1190. The largest absolute Gasteiger partial charge is 0.435 e. The number of aromatic nitrogens is 2. The minimum atomic E-state index is -1.82. The quantitative estimate of drug-likeness (QED) is 0.356. The molecule has 12 heteroatoms. The second-order valence-electron chi connectivity index (χ2n) is 7.20. The minimum Gasteiger partial charge on any atom is -0.435 e. The zero-order valence-electron chi connectivity index (χ0n) is 17.3. The van der Waals surface area contributed by atoms with E-state index in [1.54, 1.807) is 6.07 Å².